The zero-order valence-corrected chi connectivity index (χ0v) is 64.1. The minimum absolute atomic E-state index is 0.104. The lowest BCUT2D eigenvalue weighted by Gasteiger charge is -2.21. The molecule has 19 heteroatoms. The van der Waals surface area contributed by atoms with Crippen molar-refractivity contribution in [3.8, 4) is 0 Å². The summed E-state index contributed by atoms with van der Waals surface area (Å²) in [6.45, 7) is 14.2. The van der Waals surface area contributed by atoms with Crippen molar-refractivity contribution in [2.24, 2.45) is 23.7 Å². The van der Waals surface area contributed by atoms with Crippen LogP contribution in [-0.2, 0) is 65.4 Å². The van der Waals surface area contributed by atoms with Crippen LogP contribution >= 0.6 is 15.6 Å². The summed E-state index contributed by atoms with van der Waals surface area (Å²) in [7, 11) is -9.91. The first-order valence-electron chi connectivity index (χ1n) is 39.3. The van der Waals surface area contributed by atoms with Gasteiger partial charge in [-0.3, -0.25) is 37.3 Å². The van der Waals surface area contributed by atoms with Crippen molar-refractivity contribution >= 4 is 39.5 Å². The molecule has 0 aliphatic heterocycles. The van der Waals surface area contributed by atoms with Crippen LogP contribution in [0.4, 0.5) is 0 Å². The van der Waals surface area contributed by atoms with E-state index in [4.69, 9.17) is 37.0 Å². The molecule has 0 heterocycles. The first-order chi connectivity index (χ1) is 45.7. The van der Waals surface area contributed by atoms with E-state index in [1.165, 1.54) is 180 Å². The van der Waals surface area contributed by atoms with Crippen LogP contribution in [0.2, 0.25) is 0 Å². The average molecular weight is 1400 g/mol. The summed E-state index contributed by atoms with van der Waals surface area (Å²) in [5, 5.41) is 10.6. The van der Waals surface area contributed by atoms with Crippen LogP contribution in [-0.4, -0.2) is 96.7 Å². The van der Waals surface area contributed by atoms with Gasteiger partial charge in [0.05, 0.1) is 26.4 Å². The highest BCUT2D eigenvalue weighted by molar-refractivity contribution is 7.47. The number of phosphoric acid groups is 2. The third kappa shape index (κ3) is 67.6. The first-order valence-corrected chi connectivity index (χ1v) is 42.3. The van der Waals surface area contributed by atoms with Gasteiger partial charge in [-0.25, -0.2) is 9.13 Å². The van der Waals surface area contributed by atoms with Crippen molar-refractivity contribution in [3.05, 3.63) is 0 Å². The molecule has 4 unspecified atom stereocenters. The van der Waals surface area contributed by atoms with Gasteiger partial charge in [-0.05, 0) is 49.4 Å². The summed E-state index contributed by atoms with van der Waals surface area (Å²) < 4.78 is 68.5. The van der Waals surface area contributed by atoms with Crippen molar-refractivity contribution in [2.75, 3.05) is 39.6 Å². The second-order valence-electron chi connectivity index (χ2n) is 28.8. The Morgan fingerprint density at radius 1 is 0.295 bits per heavy atom. The number of phosphoric ester groups is 2. The van der Waals surface area contributed by atoms with Gasteiger partial charge in [0.25, 0.3) is 0 Å². The molecule has 0 rings (SSSR count). The molecule has 0 aromatic heterocycles. The Balaban J connectivity index is 5.25. The Morgan fingerprint density at radius 3 is 0.747 bits per heavy atom. The smallest absolute Gasteiger partial charge is 0.462 e. The van der Waals surface area contributed by atoms with E-state index >= 15 is 0 Å². The van der Waals surface area contributed by atoms with Gasteiger partial charge in [0, 0.05) is 25.7 Å². The third-order valence-corrected chi connectivity index (χ3v) is 20.2. The van der Waals surface area contributed by atoms with E-state index in [0.29, 0.717) is 25.7 Å². The van der Waals surface area contributed by atoms with Crippen LogP contribution in [0, 0.1) is 23.7 Å². The van der Waals surface area contributed by atoms with E-state index in [0.717, 1.165) is 120 Å². The van der Waals surface area contributed by atoms with Gasteiger partial charge in [-0.1, -0.05) is 331 Å². The van der Waals surface area contributed by atoms with Crippen molar-refractivity contribution in [2.45, 2.75) is 401 Å². The second kappa shape index (κ2) is 65.4. The van der Waals surface area contributed by atoms with Gasteiger partial charge in [0.1, 0.15) is 19.3 Å². The molecule has 0 aliphatic carbocycles. The highest BCUT2D eigenvalue weighted by atomic mass is 31.2. The maximum atomic E-state index is 13.1. The Labute approximate surface area is 581 Å². The fraction of sp³-hybridized carbons (Fsp3) is 0.947. The summed E-state index contributed by atoms with van der Waals surface area (Å²) in [5.41, 5.74) is 0. The number of hydrogen-bond acceptors (Lipinski definition) is 15. The average Bonchev–Trinajstić information content (AvgIpc) is 2.47. The molecule has 0 aliphatic rings. The van der Waals surface area contributed by atoms with Gasteiger partial charge in [-0.15, -0.1) is 0 Å². The summed E-state index contributed by atoms with van der Waals surface area (Å²) in [4.78, 5) is 72.8. The maximum Gasteiger partial charge on any atom is 0.472 e. The molecule has 564 valence electrons. The van der Waals surface area contributed by atoms with Crippen LogP contribution in [0.3, 0.4) is 0 Å². The molecule has 0 spiro atoms. The van der Waals surface area contributed by atoms with Gasteiger partial charge < -0.3 is 33.8 Å². The van der Waals surface area contributed by atoms with Crippen LogP contribution in [0.15, 0.2) is 0 Å². The molecule has 0 saturated carbocycles. The second-order valence-corrected chi connectivity index (χ2v) is 31.7. The van der Waals surface area contributed by atoms with E-state index in [9.17, 15) is 43.2 Å². The van der Waals surface area contributed by atoms with E-state index in [1.54, 1.807) is 0 Å². The van der Waals surface area contributed by atoms with E-state index in [1.807, 2.05) is 0 Å². The number of hydrogen-bond donors (Lipinski definition) is 3. The quantitative estimate of drug-likeness (QED) is 0.0222. The molecule has 0 fully saturated rings. The highest BCUT2D eigenvalue weighted by Crippen LogP contribution is 2.45. The lowest BCUT2D eigenvalue weighted by Crippen LogP contribution is -2.30. The van der Waals surface area contributed by atoms with Crippen molar-refractivity contribution in [1.29, 1.82) is 0 Å². The van der Waals surface area contributed by atoms with E-state index < -0.39 is 97.5 Å². The third-order valence-electron chi connectivity index (χ3n) is 18.3. The number of esters is 4. The van der Waals surface area contributed by atoms with Crippen molar-refractivity contribution in [3.63, 3.8) is 0 Å². The number of unbranched alkanes of at least 4 members (excludes halogenated alkanes) is 37. The lowest BCUT2D eigenvalue weighted by molar-refractivity contribution is -0.161. The summed E-state index contributed by atoms with van der Waals surface area (Å²) in [6.07, 6.45) is 49.9. The van der Waals surface area contributed by atoms with Gasteiger partial charge >= 0.3 is 39.5 Å². The molecule has 95 heavy (non-hydrogen) atoms. The van der Waals surface area contributed by atoms with E-state index in [-0.39, 0.29) is 25.7 Å². The summed E-state index contributed by atoms with van der Waals surface area (Å²) in [6, 6.07) is 0. The molecule has 0 radical (unpaired) electrons. The Bertz CT molecular complexity index is 1870. The molecule has 0 bridgehead atoms. The fourth-order valence-electron chi connectivity index (χ4n) is 11.5. The standard InChI is InChI=1S/C76H148O17P2/c1-9-68(7)54-46-38-30-24-19-20-25-31-40-48-56-73(78)86-62-71(92-75(80)58-50-42-32-26-18-16-14-12-11-13-15-17-22-28-36-44-52-66(3)4)64-90-94(82,83)88-60-70(77)61-89-95(84,85)91-65-72(63-87-74(79)57-49-41-35-34-39-47-55-69(8)10-2)93-76(81)59-51-43-33-27-21-23-29-37-45-53-67(5)6/h66-72,77H,9-65H2,1-8H3,(H,82,83)(H,84,85)/t68?,69?,70-,71-,72-/m1/s1. The minimum atomic E-state index is -4.96. The Hall–Kier alpha value is -1.94. The molecule has 7 atom stereocenters. The molecule has 17 nitrogen and oxygen atoms in total. The van der Waals surface area contributed by atoms with Crippen LogP contribution in [0.25, 0.3) is 0 Å². The van der Waals surface area contributed by atoms with Crippen molar-refractivity contribution in [1.82, 2.24) is 0 Å². The number of aliphatic hydroxyl groups is 1. The summed E-state index contributed by atoms with van der Waals surface area (Å²) >= 11 is 0. The fourth-order valence-corrected chi connectivity index (χ4v) is 13.1. The largest absolute Gasteiger partial charge is 0.472 e. The van der Waals surface area contributed by atoms with Crippen LogP contribution < -0.4 is 0 Å². The number of carbonyl (C=O) groups is 4. The van der Waals surface area contributed by atoms with Gasteiger partial charge in [0.15, 0.2) is 12.2 Å². The highest BCUT2D eigenvalue weighted by Gasteiger charge is 2.30. The predicted octanol–water partition coefficient (Wildman–Crippen LogP) is 22.0. The zero-order valence-electron chi connectivity index (χ0n) is 62.3. The lowest BCUT2D eigenvalue weighted by atomic mass is 9.99. The monoisotopic (exact) mass is 1400 g/mol. The first kappa shape index (κ1) is 93.1. The SMILES string of the molecule is CCC(C)CCCCCCCCCCCCC(=O)OC[C@H](COP(=O)(O)OC[C@@H](O)COP(=O)(O)OC[C@@H](COC(=O)CCCCCCCCC(C)CC)OC(=O)CCCCCCCCCCCC(C)C)OC(=O)CCCCCCCCCCCCCCCCCCC(C)C. The topological polar surface area (TPSA) is 237 Å². The normalized spacial score (nSPS) is 14.7. The number of rotatable bonds is 73. The Kier molecular flexibility index (Phi) is 64.0. The number of ether oxygens (including phenoxy) is 4. The molecule has 0 saturated heterocycles. The number of carbonyl (C=O) groups excluding carboxylic acids is 4. The molecular formula is C76H148O17P2. The predicted molar refractivity (Wildman–Crippen MR) is 386 cm³/mol. The summed E-state index contributed by atoms with van der Waals surface area (Å²) in [5.74, 6) is 0.964. The van der Waals surface area contributed by atoms with E-state index in [2.05, 4.69) is 55.4 Å². The molecule has 3 N–H and O–H groups in total. The maximum absolute atomic E-state index is 13.1. The number of aliphatic hydroxyl groups excluding tert-OH is 1. The van der Waals surface area contributed by atoms with Gasteiger partial charge in [-0.2, -0.15) is 0 Å². The zero-order chi connectivity index (χ0) is 70.3. The molecule has 0 aromatic carbocycles. The van der Waals surface area contributed by atoms with Crippen LogP contribution in [0.5, 0.6) is 0 Å². The van der Waals surface area contributed by atoms with Crippen LogP contribution in [0.1, 0.15) is 383 Å². The molecule has 0 amide bonds. The van der Waals surface area contributed by atoms with Crippen molar-refractivity contribution < 1.29 is 80.2 Å². The minimum Gasteiger partial charge on any atom is -0.462 e. The molecule has 0 aromatic rings. The van der Waals surface area contributed by atoms with Gasteiger partial charge in [0.2, 0.25) is 0 Å². The molecular weight excluding hydrogens is 1250 g/mol. The Morgan fingerprint density at radius 2 is 0.505 bits per heavy atom.